The molecule has 5 heteroatoms. The van der Waals surface area contributed by atoms with Gasteiger partial charge in [-0.2, -0.15) is 0 Å². The monoisotopic (exact) mass is 261 g/mol. The van der Waals surface area contributed by atoms with Crippen molar-refractivity contribution in [3.63, 3.8) is 0 Å². The summed E-state index contributed by atoms with van der Waals surface area (Å²) >= 11 is 0. The number of carbonyl (C=O) groups excluding carboxylic acids is 1. The highest BCUT2D eigenvalue weighted by Crippen LogP contribution is 2.21. The summed E-state index contributed by atoms with van der Waals surface area (Å²) in [6, 6.07) is 7.68. The van der Waals surface area contributed by atoms with Crippen molar-refractivity contribution >= 4 is 16.9 Å². The Labute approximate surface area is 112 Å². The predicted octanol–water partition coefficient (Wildman–Crippen LogP) is 2.02. The number of hydrogen-bond donors (Lipinski definition) is 2. The van der Waals surface area contributed by atoms with Crippen LogP contribution in [-0.4, -0.2) is 29.6 Å². The summed E-state index contributed by atoms with van der Waals surface area (Å²) in [7, 11) is 1.51. The molecular weight excluding hydrogens is 242 g/mol. The quantitative estimate of drug-likeness (QED) is 0.865. The van der Waals surface area contributed by atoms with E-state index in [1.807, 2.05) is 38.1 Å². The third-order valence-corrected chi connectivity index (χ3v) is 2.96. The van der Waals surface area contributed by atoms with Crippen LogP contribution < -0.4 is 5.32 Å². The van der Waals surface area contributed by atoms with Crippen molar-refractivity contribution < 1.29 is 9.53 Å². The lowest BCUT2D eigenvalue weighted by Gasteiger charge is -2.20. The van der Waals surface area contributed by atoms with Crippen molar-refractivity contribution in [2.75, 3.05) is 13.7 Å². The first-order valence-corrected chi connectivity index (χ1v) is 6.34. The van der Waals surface area contributed by atoms with Crippen molar-refractivity contribution in [3.05, 3.63) is 30.1 Å². The van der Waals surface area contributed by atoms with Gasteiger partial charge in [-0.05, 0) is 18.1 Å². The summed E-state index contributed by atoms with van der Waals surface area (Å²) in [6.07, 6.45) is 0. The molecule has 1 unspecified atom stereocenters. The molecular formula is C14H19N3O2. The molecule has 0 aliphatic carbocycles. The number of benzene rings is 1. The second kappa shape index (κ2) is 5.84. The fourth-order valence-corrected chi connectivity index (χ4v) is 2.02. The lowest BCUT2D eigenvalue weighted by atomic mass is 10.0. The van der Waals surface area contributed by atoms with Crippen molar-refractivity contribution in [1.29, 1.82) is 0 Å². The SMILES string of the molecule is COCC(=O)NC(c1nc2ccccc2[nH]1)C(C)C. The number of nitrogens with zero attached hydrogens (tertiary/aromatic N) is 1. The van der Waals surface area contributed by atoms with Crippen LogP contribution in [0.3, 0.4) is 0 Å². The first kappa shape index (κ1) is 13.5. The van der Waals surface area contributed by atoms with E-state index in [9.17, 15) is 4.79 Å². The number of hydrogen-bond acceptors (Lipinski definition) is 3. The minimum Gasteiger partial charge on any atom is -0.375 e. The largest absolute Gasteiger partial charge is 0.375 e. The van der Waals surface area contributed by atoms with Crippen LogP contribution in [0.1, 0.15) is 25.7 Å². The predicted molar refractivity (Wildman–Crippen MR) is 73.7 cm³/mol. The number of amides is 1. The zero-order chi connectivity index (χ0) is 13.8. The van der Waals surface area contributed by atoms with E-state index in [0.29, 0.717) is 0 Å². The molecule has 0 aliphatic heterocycles. The Morgan fingerprint density at radius 3 is 2.79 bits per heavy atom. The van der Waals surface area contributed by atoms with Gasteiger partial charge in [0.1, 0.15) is 12.4 Å². The van der Waals surface area contributed by atoms with Gasteiger partial charge in [0.2, 0.25) is 5.91 Å². The molecule has 2 aromatic rings. The molecule has 0 aliphatic rings. The van der Waals surface area contributed by atoms with Crippen LogP contribution in [0.5, 0.6) is 0 Å². The standard InChI is InChI=1S/C14H19N3O2/c1-9(2)13(17-12(18)8-19-3)14-15-10-6-4-5-7-11(10)16-14/h4-7,9,13H,8H2,1-3H3,(H,15,16)(H,17,18). The van der Waals surface area contributed by atoms with Gasteiger partial charge in [-0.1, -0.05) is 26.0 Å². The second-order valence-corrected chi connectivity index (χ2v) is 4.86. The maximum Gasteiger partial charge on any atom is 0.246 e. The summed E-state index contributed by atoms with van der Waals surface area (Å²) in [4.78, 5) is 19.5. The number of H-pyrrole nitrogens is 1. The molecule has 0 fully saturated rings. The van der Waals surface area contributed by atoms with Crippen molar-refractivity contribution in [2.24, 2.45) is 5.92 Å². The van der Waals surface area contributed by atoms with Gasteiger partial charge < -0.3 is 15.0 Å². The lowest BCUT2D eigenvalue weighted by Crippen LogP contribution is -2.34. The maximum absolute atomic E-state index is 11.7. The van der Waals surface area contributed by atoms with Gasteiger partial charge in [-0.15, -0.1) is 0 Å². The van der Waals surface area contributed by atoms with E-state index in [-0.39, 0.29) is 24.5 Å². The summed E-state index contributed by atoms with van der Waals surface area (Å²) in [5.41, 5.74) is 1.88. The lowest BCUT2D eigenvalue weighted by molar-refractivity contribution is -0.125. The molecule has 1 heterocycles. The first-order chi connectivity index (χ1) is 9.11. The smallest absolute Gasteiger partial charge is 0.246 e. The number of nitrogens with one attached hydrogen (secondary N) is 2. The molecule has 2 N–H and O–H groups in total. The molecule has 0 radical (unpaired) electrons. The van der Waals surface area contributed by atoms with Crippen LogP contribution in [0.2, 0.25) is 0 Å². The van der Waals surface area contributed by atoms with Crippen LogP contribution >= 0.6 is 0 Å². The molecule has 1 aromatic carbocycles. The number of para-hydroxylation sites is 2. The zero-order valence-corrected chi connectivity index (χ0v) is 11.4. The van der Waals surface area contributed by atoms with Gasteiger partial charge in [-0.3, -0.25) is 4.79 Å². The highest BCUT2D eigenvalue weighted by molar-refractivity contribution is 5.78. The topological polar surface area (TPSA) is 67.0 Å². The Bertz CT molecular complexity index is 530. The van der Waals surface area contributed by atoms with Gasteiger partial charge in [0, 0.05) is 7.11 Å². The average molecular weight is 261 g/mol. The van der Waals surface area contributed by atoms with Crippen molar-refractivity contribution in [3.8, 4) is 0 Å². The molecule has 0 saturated carbocycles. The van der Waals surface area contributed by atoms with Gasteiger partial charge in [0.15, 0.2) is 0 Å². The van der Waals surface area contributed by atoms with Gasteiger partial charge in [0.25, 0.3) is 0 Å². The number of aromatic nitrogens is 2. The van der Waals surface area contributed by atoms with E-state index in [2.05, 4.69) is 15.3 Å². The molecule has 1 atom stereocenters. The minimum absolute atomic E-state index is 0.0590. The van der Waals surface area contributed by atoms with E-state index in [1.165, 1.54) is 7.11 Å². The second-order valence-electron chi connectivity index (χ2n) is 4.86. The van der Waals surface area contributed by atoms with E-state index in [0.717, 1.165) is 16.9 Å². The van der Waals surface area contributed by atoms with Crippen LogP contribution in [-0.2, 0) is 9.53 Å². The Kier molecular flexibility index (Phi) is 4.16. The van der Waals surface area contributed by atoms with E-state index in [1.54, 1.807) is 0 Å². The molecule has 5 nitrogen and oxygen atoms in total. The number of rotatable bonds is 5. The van der Waals surface area contributed by atoms with Crippen LogP contribution in [0.25, 0.3) is 11.0 Å². The Morgan fingerprint density at radius 1 is 1.42 bits per heavy atom. The van der Waals surface area contributed by atoms with E-state index in [4.69, 9.17) is 4.74 Å². The Balaban J connectivity index is 2.25. The van der Waals surface area contributed by atoms with Crippen LogP contribution in [0.4, 0.5) is 0 Å². The third-order valence-electron chi connectivity index (χ3n) is 2.96. The van der Waals surface area contributed by atoms with Crippen LogP contribution in [0, 0.1) is 5.92 Å². The number of ether oxygens (including phenoxy) is 1. The van der Waals surface area contributed by atoms with Crippen molar-refractivity contribution in [2.45, 2.75) is 19.9 Å². The van der Waals surface area contributed by atoms with Crippen LogP contribution in [0.15, 0.2) is 24.3 Å². The number of imidazole rings is 1. The highest BCUT2D eigenvalue weighted by atomic mass is 16.5. The van der Waals surface area contributed by atoms with Gasteiger partial charge in [0.05, 0.1) is 17.1 Å². The minimum atomic E-state index is -0.143. The first-order valence-electron chi connectivity index (χ1n) is 6.34. The Morgan fingerprint density at radius 2 is 2.16 bits per heavy atom. The number of carbonyl (C=O) groups is 1. The molecule has 0 saturated heterocycles. The maximum atomic E-state index is 11.7. The third kappa shape index (κ3) is 3.12. The van der Waals surface area contributed by atoms with E-state index < -0.39 is 0 Å². The van der Waals surface area contributed by atoms with E-state index >= 15 is 0 Å². The normalized spacial score (nSPS) is 12.8. The van der Waals surface area contributed by atoms with Crippen molar-refractivity contribution in [1.82, 2.24) is 15.3 Å². The fraction of sp³-hybridized carbons (Fsp3) is 0.429. The van der Waals surface area contributed by atoms with Gasteiger partial charge >= 0.3 is 0 Å². The average Bonchev–Trinajstić information content (AvgIpc) is 2.79. The molecule has 0 bridgehead atoms. The zero-order valence-electron chi connectivity index (χ0n) is 11.4. The Hall–Kier alpha value is -1.88. The molecule has 0 spiro atoms. The highest BCUT2D eigenvalue weighted by Gasteiger charge is 2.21. The molecule has 1 aromatic heterocycles. The molecule has 102 valence electrons. The fourth-order valence-electron chi connectivity index (χ4n) is 2.02. The van der Waals surface area contributed by atoms with Gasteiger partial charge in [-0.25, -0.2) is 4.98 Å². The molecule has 2 rings (SSSR count). The number of aromatic amines is 1. The number of methoxy groups -OCH3 is 1. The molecule has 1 amide bonds. The summed E-state index contributed by atoms with van der Waals surface area (Å²) in [6.45, 7) is 4.15. The summed E-state index contributed by atoms with van der Waals surface area (Å²) in [5.74, 6) is 0.878. The molecule has 19 heavy (non-hydrogen) atoms. The number of fused-ring (bicyclic) bond motifs is 1. The summed E-state index contributed by atoms with van der Waals surface area (Å²) < 4.78 is 4.84. The summed E-state index contributed by atoms with van der Waals surface area (Å²) in [5, 5.41) is 2.94.